The molecule has 1 aromatic rings. The highest BCUT2D eigenvalue weighted by Gasteiger charge is 2.18. The van der Waals surface area contributed by atoms with Crippen LogP contribution in [0.15, 0.2) is 24.4 Å². The van der Waals surface area contributed by atoms with Crippen molar-refractivity contribution in [2.75, 3.05) is 5.73 Å². The van der Waals surface area contributed by atoms with E-state index in [1.54, 1.807) is 6.07 Å². The zero-order valence-corrected chi connectivity index (χ0v) is 11.0. The van der Waals surface area contributed by atoms with Crippen LogP contribution in [0.3, 0.4) is 0 Å². The Balaban J connectivity index is 2.10. The van der Waals surface area contributed by atoms with Gasteiger partial charge in [-0.05, 0) is 39.2 Å². The second-order valence-electron chi connectivity index (χ2n) is 5.11. The molecular formula is C14H21N3O. The number of nitrogens with zero attached hydrogens (tertiary/aromatic N) is 1. The van der Waals surface area contributed by atoms with Gasteiger partial charge < -0.3 is 15.6 Å². The van der Waals surface area contributed by atoms with E-state index in [1.807, 2.05) is 24.6 Å². The molecule has 1 aromatic heterocycles. The normalized spacial score (nSPS) is 19.2. The zero-order valence-electron chi connectivity index (χ0n) is 11.0. The summed E-state index contributed by atoms with van der Waals surface area (Å²) in [6.07, 6.45) is 9.09. The van der Waals surface area contributed by atoms with Gasteiger partial charge in [0.1, 0.15) is 5.69 Å². The highest BCUT2D eigenvalue weighted by Crippen LogP contribution is 2.17. The van der Waals surface area contributed by atoms with Crippen LogP contribution in [0.1, 0.15) is 49.6 Å². The van der Waals surface area contributed by atoms with Crippen molar-refractivity contribution in [3.05, 3.63) is 30.1 Å². The molecule has 1 atom stereocenters. The molecule has 0 fully saturated rings. The average molecular weight is 247 g/mol. The van der Waals surface area contributed by atoms with Crippen molar-refractivity contribution in [3.63, 3.8) is 0 Å². The summed E-state index contributed by atoms with van der Waals surface area (Å²) in [7, 11) is 0. The Labute approximate surface area is 108 Å². The second kappa shape index (κ2) is 5.29. The maximum Gasteiger partial charge on any atom is 0.268 e. The summed E-state index contributed by atoms with van der Waals surface area (Å²) in [4.78, 5) is 12.2. The molecule has 18 heavy (non-hydrogen) atoms. The smallest absolute Gasteiger partial charge is 0.268 e. The first kappa shape index (κ1) is 12.7. The second-order valence-corrected chi connectivity index (χ2v) is 5.11. The number of nitrogens with one attached hydrogen (secondary N) is 1. The predicted molar refractivity (Wildman–Crippen MR) is 73.5 cm³/mol. The molecule has 1 aliphatic carbocycles. The maximum atomic E-state index is 12.2. The predicted octanol–water partition coefficient (Wildman–Crippen LogP) is 2.49. The minimum atomic E-state index is -0.0271. The average Bonchev–Trinajstić information content (AvgIpc) is 2.73. The number of nitrogen functional groups attached to an aromatic ring is 1. The molecule has 0 spiro atoms. The van der Waals surface area contributed by atoms with Crippen LogP contribution in [-0.2, 0) is 0 Å². The van der Waals surface area contributed by atoms with Gasteiger partial charge in [-0.3, -0.25) is 4.79 Å². The van der Waals surface area contributed by atoms with Crippen LogP contribution in [0.25, 0.3) is 0 Å². The molecule has 2 rings (SSSR count). The summed E-state index contributed by atoms with van der Waals surface area (Å²) in [5.74, 6) is -0.0271. The molecule has 0 aliphatic heterocycles. The van der Waals surface area contributed by atoms with Gasteiger partial charge in [0.05, 0.1) is 5.69 Å². The molecule has 1 amide bonds. The van der Waals surface area contributed by atoms with Gasteiger partial charge in [0.15, 0.2) is 0 Å². The van der Waals surface area contributed by atoms with Gasteiger partial charge in [-0.25, -0.2) is 0 Å². The lowest BCUT2D eigenvalue weighted by atomic mass is 10.0. The number of amides is 1. The summed E-state index contributed by atoms with van der Waals surface area (Å²) in [5.41, 5.74) is 7.06. The fourth-order valence-corrected chi connectivity index (χ4v) is 2.29. The van der Waals surface area contributed by atoms with Crippen LogP contribution in [0.4, 0.5) is 5.69 Å². The van der Waals surface area contributed by atoms with E-state index in [4.69, 9.17) is 5.73 Å². The van der Waals surface area contributed by atoms with E-state index in [-0.39, 0.29) is 18.0 Å². The summed E-state index contributed by atoms with van der Waals surface area (Å²) in [6.45, 7) is 4.08. The van der Waals surface area contributed by atoms with E-state index in [2.05, 4.69) is 17.5 Å². The molecule has 0 aromatic carbocycles. The molecule has 0 bridgehead atoms. The van der Waals surface area contributed by atoms with Crippen LogP contribution >= 0.6 is 0 Å². The number of rotatable bonds is 3. The molecular weight excluding hydrogens is 226 g/mol. The van der Waals surface area contributed by atoms with Crippen molar-refractivity contribution < 1.29 is 4.79 Å². The van der Waals surface area contributed by atoms with E-state index in [1.165, 1.54) is 0 Å². The molecule has 0 saturated heterocycles. The first-order valence-corrected chi connectivity index (χ1v) is 6.51. The van der Waals surface area contributed by atoms with Crippen LogP contribution in [0.2, 0.25) is 0 Å². The van der Waals surface area contributed by atoms with Crippen LogP contribution < -0.4 is 11.1 Å². The van der Waals surface area contributed by atoms with Crippen molar-refractivity contribution in [2.24, 2.45) is 0 Å². The Kier molecular flexibility index (Phi) is 3.75. The Morgan fingerprint density at radius 3 is 2.89 bits per heavy atom. The van der Waals surface area contributed by atoms with E-state index >= 15 is 0 Å². The number of nitrogens with two attached hydrogens (primary N) is 1. The third-order valence-electron chi connectivity index (χ3n) is 3.26. The molecule has 98 valence electrons. The quantitative estimate of drug-likeness (QED) is 0.806. The number of aromatic nitrogens is 1. The van der Waals surface area contributed by atoms with Gasteiger partial charge >= 0.3 is 0 Å². The van der Waals surface area contributed by atoms with Crippen LogP contribution in [0.5, 0.6) is 0 Å². The van der Waals surface area contributed by atoms with Crippen LogP contribution in [0, 0.1) is 0 Å². The molecule has 1 unspecified atom stereocenters. The van der Waals surface area contributed by atoms with Crippen molar-refractivity contribution in [3.8, 4) is 0 Å². The highest BCUT2D eigenvalue weighted by molar-refractivity contribution is 5.94. The highest BCUT2D eigenvalue weighted by atomic mass is 16.2. The number of hydrogen-bond donors (Lipinski definition) is 2. The lowest BCUT2D eigenvalue weighted by Crippen LogP contribution is -2.36. The first-order chi connectivity index (χ1) is 8.58. The molecule has 0 saturated carbocycles. The standard InChI is InChI=1S/C14H21N3O/c1-10(2)17-9-11(15)8-13(17)14(18)16-12-6-4-3-5-7-12/h3-4,8-10,12H,5-7,15H2,1-2H3,(H,16,18). The number of carbonyl (C=O) groups is 1. The Bertz CT molecular complexity index is 460. The molecule has 1 heterocycles. The van der Waals surface area contributed by atoms with E-state index < -0.39 is 0 Å². The minimum Gasteiger partial charge on any atom is -0.397 e. The number of hydrogen-bond acceptors (Lipinski definition) is 2. The molecule has 1 aliphatic rings. The lowest BCUT2D eigenvalue weighted by Gasteiger charge is -2.20. The maximum absolute atomic E-state index is 12.2. The van der Waals surface area contributed by atoms with Gasteiger partial charge in [0.25, 0.3) is 5.91 Å². The Morgan fingerprint density at radius 1 is 1.50 bits per heavy atom. The van der Waals surface area contributed by atoms with E-state index in [0.29, 0.717) is 11.4 Å². The van der Waals surface area contributed by atoms with Crippen LogP contribution in [-0.4, -0.2) is 16.5 Å². The van der Waals surface area contributed by atoms with Gasteiger partial charge in [-0.2, -0.15) is 0 Å². The summed E-state index contributed by atoms with van der Waals surface area (Å²) < 4.78 is 1.92. The first-order valence-electron chi connectivity index (χ1n) is 6.51. The summed E-state index contributed by atoms with van der Waals surface area (Å²) in [5, 5.41) is 3.08. The third-order valence-corrected chi connectivity index (χ3v) is 3.26. The molecule has 3 N–H and O–H groups in total. The van der Waals surface area contributed by atoms with Crippen molar-refractivity contribution in [1.29, 1.82) is 0 Å². The Morgan fingerprint density at radius 2 is 2.28 bits per heavy atom. The monoisotopic (exact) mass is 247 g/mol. The molecule has 0 radical (unpaired) electrons. The van der Waals surface area contributed by atoms with Gasteiger partial charge in [0, 0.05) is 18.3 Å². The fraction of sp³-hybridized carbons (Fsp3) is 0.500. The molecule has 4 nitrogen and oxygen atoms in total. The van der Waals surface area contributed by atoms with Gasteiger partial charge in [-0.15, -0.1) is 0 Å². The minimum absolute atomic E-state index is 0.0271. The van der Waals surface area contributed by atoms with E-state index in [9.17, 15) is 4.79 Å². The zero-order chi connectivity index (χ0) is 13.1. The molecule has 4 heteroatoms. The SMILES string of the molecule is CC(C)n1cc(N)cc1C(=O)NC1CC=CCC1. The van der Waals surface area contributed by atoms with Crippen molar-refractivity contribution >= 4 is 11.6 Å². The number of allylic oxidation sites excluding steroid dienone is 1. The topological polar surface area (TPSA) is 60.0 Å². The number of carbonyl (C=O) groups excluding carboxylic acids is 1. The fourth-order valence-electron chi connectivity index (χ4n) is 2.29. The number of anilines is 1. The third kappa shape index (κ3) is 2.75. The van der Waals surface area contributed by atoms with Crippen molar-refractivity contribution in [1.82, 2.24) is 9.88 Å². The largest absolute Gasteiger partial charge is 0.397 e. The van der Waals surface area contributed by atoms with Gasteiger partial charge in [0.2, 0.25) is 0 Å². The van der Waals surface area contributed by atoms with E-state index in [0.717, 1.165) is 19.3 Å². The van der Waals surface area contributed by atoms with Crippen molar-refractivity contribution in [2.45, 2.75) is 45.2 Å². The Hall–Kier alpha value is -1.71. The van der Waals surface area contributed by atoms with Gasteiger partial charge in [-0.1, -0.05) is 12.2 Å². The lowest BCUT2D eigenvalue weighted by molar-refractivity contribution is 0.0924. The summed E-state index contributed by atoms with van der Waals surface area (Å²) in [6, 6.07) is 2.22. The summed E-state index contributed by atoms with van der Waals surface area (Å²) >= 11 is 0.